The van der Waals surface area contributed by atoms with Crippen molar-refractivity contribution in [3.63, 3.8) is 0 Å². The summed E-state index contributed by atoms with van der Waals surface area (Å²) in [6.07, 6.45) is 0.116. The monoisotopic (exact) mass is 454 g/mol. The Balaban J connectivity index is 1.98. The summed E-state index contributed by atoms with van der Waals surface area (Å²) in [7, 11) is 0. The fraction of sp³-hybridized carbons (Fsp3) is 0.250. The molecule has 0 aliphatic carbocycles. The van der Waals surface area contributed by atoms with Crippen LogP contribution in [0.5, 0.6) is 0 Å². The molecule has 0 spiro atoms. The molecule has 1 atom stereocenters. The van der Waals surface area contributed by atoms with Gasteiger partial charge in [-0.1, -0.05) is 26.0 Å². The van der Waals surface area contributed by atoms with Gasteiger partial charge in [0.25, 0.3) is 5.56 Å². The highest BCUT2D eigenvalue weighted by Gasteiger charge is 2.30. The highest BCUT2D eigenvalue weighted by Crippen LogP contribution is 2.32. The van der Waals surface area contributed by atoms with Crippen LogP contribution in [0, 0.1) is 5.92 Å². The van der Waals surface area contributed by atoms with Crippen LogP contribution in [0.4, 0.5) is 13.2 Å². The fourth-order valence-electron chi connectivity index (χ4n) is 3.68. The minimum atomic E-state index is -4.45. The molecule has 0 fully saturated rings. The molecule has 3 aromatic heterocycles. The van der Waals surface area contributed by atoms with Gasteiger partial charge in [-0.2, -0.15) is 13.2 Å². The predicted molar refractivity (Wildman–Crippen MR) is 118 cm³/mol. The maximum absolute atomic E-state index is 13.4. The van der Waals surface area contributed by atoms with Crippen LogP contribution in [-0.2, 0) is 6.18 Å². The molecule has 0 aliphatic rings. The Labute approximate surface area is 187 Å². The van der Waals surface area contributed by atoms with E-state index in [0.29, 0.717) is 28.0 Å². The molecule has 1 aromatic carbocycles. The normalized spacial score (nSPS) is 12.9. The molecule has 33 heavy (non-hydrogen) atoms. The topological polar surface area (TPSA) is 80.9 Å². The van der Waals surface area contributed by atoms with Crippen molar-refractivity contribution < 1.29 is 18.3 Å². The van der Waals surface area contributed by atoms with E-state index in [4.69, 9.17) is 0 Å². The molecule has 0 saturated heterocycles. The lowest BCUT2D eigenvalue weighted by atomic mass is 10.0. The van der Waals surface area contributed by atoms with Crippen molar-refractivity contribution in [2.45, 2.75) is 26.1 Å². The van der Waals surface area contributed by atoms with Crippen LogP contribution in [0.2, 0.25) is 0 Å². The van der Waals surface area contributed by atoms with Crippen LogP contribution in [0.25, 0.3) is 33.4 Å². The summed E-state index contributed by atoms with van der Waals surface area (Å²) in [4.78, 5) is 26.6. The number of rotatable bonds is 5. The summed E-state index contributed by atoms with van der Waals surface area (Å²) >= 11 is 0. The molecule has 4 aromatic rings. The second-order valence-electron chi connectivity index (χ2n) is 8.02. The molecular weight excluding hydrogens is 433 g/mol. The van der Waals surface area contributed by atoms with Gasteiger partial charge >= 0.3 is 6.18 Å². The molecule has 9 heteroatoms. The van der Waals surface area contributed by atoms with E-state index in [1.54, 1.807) is 24.5 Å². The Morgan fingerprint density at radius 1 is 1.09 bits per heavy atom. The van der Waals surface area contributed by atoms with Crippen molar-refractivity contribution in [2.75, 3.05) is 6.61 Å². The van der Waals surface area contributed by atoms with Gasteiger partial charge in [0, 0.05) is 23.5 Å². The molecule has 0 radical (unpaired) electrons. The summed E-state index contributed by atoms with van der Waals surface area (Å²) in [6.45, 7) is 3.54. The van der Waals surface area contributed by atoms with Gasteiger partial charge in [0.1, 0.15) is 5.52 Å². The largest absolute Gasteiger partial charge is 0.416 e. The smallest absolute Gasteiger partial charge is 0.394 e. The number of aliphatic hydroxyl groups excluding tert-OH is 1. The van der Waals surface area contributed by atoms with Crippen molar-refractivity contribution in [1.82, 2.24) is 19.5 Å². The zero-order valence-electron chi connectivity index (χ0n) is 17.9. The molecule has 0 amide bonds. The predicted octanol–water partition coefficient (Wildman–Crippen LogP) is 4.73. The molecule has 170 valence electrons. The molecule has 6 nitrogen and oxygen atoms in total. The van der Waals surface area contributed by atoms with Crippen LogP contribution in [-0.4, -0.2) is 31.2 Å². The van der Waals surface area contributed by atoms with Gasteiger partial charge in [-0.15, -0.1) is 0 Å². The van der Waals surface area contributed by atoms with Gasteiger partial charge in [0.05, 0.1) is 41.3 Å². The molecule has 0 aliphatic heterocycles. The number of pyridine rings is 2. The average Bonchev–Trinajstić information content (AvgIpc) is 2.80. The lowest BCUT2D eigenvalue weighted by molar-refractivity contribution is -0.137. The number of aromatic nitrogens is 4. The number of hydrogen-bond donors (Lipinski definition) is 1. The van der Waals surface area contributed by atoms with Crippen molar-refractivity contribution in [3.05, 3.63) is 77.1 Å². The maximum atomic E-state index is 13.4. The van der Waals surface area contributed by atoms with Crippen molar-refractivity contribution >= 4 is 10.9 Å². The minimum absolute atomic E-state index is 0.0269. The van der Waals surface area contributed by atoms with Crippen LogP contribution in [0.1, 0.15) is 25.5 Å². The first-order valence-electron chi connectivity index (χ1n) is 10.3. The van der Waals surface area contributed by atoms with Gasteiger partial charge in [-0.05, 0) is 36.2 Å². The first-order chi connectivity index (χ1) is 15.7. The lowest BCUT2D eigenvalue weighted by Crippen LogP contribution is -2.30. The molecule has 4 rings (SSSR count). The third-order valence-electron chi connectivity index (χ3n) is 5.53. The van der Waals surface area contributed by atoms with E-state index in [9.17, 15) is 23.1 Å². The standard InChI is InChI=1S/C24H21F3N4O2/c1-14(2)20(12-32)31-13-29-22-18(23(31)33)10-19(30-21(22)16-4-3-9-28-11-16)15-5-7-17(8-6-15)24(25,26)27/h3-11,13-14,20,32H,12H2,1-2H3. The third kappa shape index (κ3) is 4.36. The van der Waals surface area contributed by atoms with E-state index in [1.807, 2.05) is 13.8 Å². The van der Waals surface area contributed by atoms with E-state index < -0.39 is 17.8 Å². The summed E-state index contributed by atoms with van der Waals surface area (Å²) in [5, 5.41) is 10.1. The van der Waals surface area contributed by atoms with Gasteiger partial charge < -0.3 is 5.11 Å². The molecule has 0 saturated carbocycles. The molecule has 1 N–H and O–H groups in total. The molecule has 3 heterocycles. The second kappa shape index (κ2) is 8.74. The number of aliphatic hydroxyl groups is 1. The van der Waals surface area contributed by atoms with Gasteiger partial charge in [0.2, 0.25) is 0 Å². The quantitative estimate of drug-likeness (QED) is 0.472. The number of hydrogen-bond acceptors (Lipinski definition) is 5. The highest BCUT2D eigenvalue weighted by molar-refractivity contribution is 5.93. The molecule has 0 bridgehead atoms. The fourth-order valence-corrected chi connectivity index (χ4v) is 3.68. The Hall–Kier alpha value is -3.59. The summed E-state index contributed by atoms with van der Waals surface area (Å²) < 4.78 is 40.4. The van der Waals surface area contributed by atoms with Crippen molar-refractivity contribution in [3.8, 4) is 22.5 Å². The summed E-state index contributed by atoms with van der Waals surface area (Å²) in [5.74, 6) is -0.0269. The minimum Gasteiger partial charge on any atom is -0.394 e. The number of benzene rings is 1. The Morgan fingerprint density at radius 3 is 2.39 bits per heavy atom. The first-order valence-corrected chi connectivity index (χ1v) is 10.3. The Bertz CT molecular complexity index is 1330. The van der Waals surface area contributed by atoms with E-state index >= 15 is 0 Å². The number of nitrogens with zero attached hydrogens (tertiary/aromatic N) is 4. The maximum Gasteiger partial charge on any atom is 0.416 e. The average molecular weight is 454 g/mol. The lowest BCUT2D eigenvalue weighted by Gasteiger charge is -2.21. The second-order valence-corrected chi connectivity index (χ2v) is 8.02. The van der Waals surface area contributed by atoms with Crippen LogP contribution in [0.15, 0.2) is 66.0 Å². The van der Waals surface area contributed by atoms with Gasteiger partial charge in [-0.3, -0.25) is 14.3 Å². The zero-order chi connectivity index (χ0) is 23.8. The first kappa shape index (κ1) is 22.6. The highest BCUT2D eigenvalue weighted by atomic mass is 19.4. The SMILES string of the molecule is CC(C)C(CO)n1cnc2c(-c3cccnc3)nc(-c3ccc(C(F)(F)F)cc3)cc2c1=O. The Kier molecular flexibility index (Phi) is 5.99. The molecular formula is C24H21F3N4O2. The van der Waals surface area contributed by atoms with Crippen LogP contribution in [0.3, 0.4) is 0 Å². The van der Waals surface area contributed by atoms with Crippen LogP contribution < -0.4 is 5.56 Å². The van der Waals surface area contributed by atoms with E-state index in [1.165, 1.54) is 29.1 Å². The van der Waals surface area contributed by atoms with E-state index in [0.717, 1.165) is 12.1 Å². The zero-order valence-corrected chi connectivity index (χ0v) is 17.9. The van der Waals surface area contributed by atoms with Gasteiger partial charge in [-0.25, -0.2) is 9.97 Å². The summed E-state index contributed by atoms with van der Waals surface area (Å²) in [5.41, 5.74) is 0.970. The van der Waals surface area contributed by atoms with Crippen molar-refractivity contribution in [1.29, 1.82) is 0 Å². The Morgan fingerprint density at radius 2 is 1.82 bits per heavy atom. The third-order valence-corrected chi connectivity index (χ3v) is 5.53. The summed E-state index contributed by atoms with van der Waals surface area (Å²) in [6, 6.07) is 9.14. The van der Waals surface area contributed by atoms with E-state index in [-0.39, 0.29) is 23.5 Å². The van der Waals surface area contributed by atoms with Gasteiger partial charge in [0.15, 0.2) is 0 Å². The van der Waals surface area contributed by atoms with E-state index in [2.05, 4.69) is 15.0 Å². The molecule has 1 unspecified atom stereocenters. The van der Waals surface area contributed by atoms with Crippen molar-refractivity contribution in [2.24, 2.45) is 5.92 Å². The number of halogens is 3. The number of alkyl halides is 3. The number of fused-ring (bicyclic) bond motifs is 1. The van der Waals surface area contributed by atoms with Crippen LogP contribution >= 0.6 is 0 Å².